The largest absolute Gasteiger partial charge is 0.349 e. The molecule has 0 aliphatic carbocycles. The van der Waals surface area contributed by atoms with E-state index < -0.39 is 0 Å². The van der Waals surface area contributed by atoms with Gasteiger partial charge < -0.3 is 10.2 Å². The number of aromatic nitrogens is 1. The van der Waals surface area contributed by atoms with Gasteiger partial charge in [-0.15, -0.1) is 11.8 Å². The standard InChI is InChI=1S/C16H25N3OS/c1-12(2)11-19-8-5-14(6-9-19)18-16(20)13-4-7-17-15(10-13)21-3/h4,7,10,12,14H,5-6,8-9,11H2,1-3H3,(H,18,20). The van der Waals surface area contributed by atoms with Crippen molar-refractivity contribution in [3.63, 3.8) is 0 Å². The highest BCUT2D eigenvalue weighted by molar-refractivity contribution is 7.98. The van der Waals surface area contributed by atoms with Gasteiger partial charge in [0.15, 0.2) is 0 Å². The highest BCUT2D eigenvalue weighted by Crippen LogP contribution is 2.15. The van der Waals surface area contributed by atoms with Gasteiger partial charge in [-0.2, -0.15) is 0 Å². The van der Waals surface area contributed by atoms with Crippen molar-refractivity contribution < 1.29 is 4.79 Å². The van der Waals surface area contributed by atoms with E-state index in [1.54, 1.807) is 24.0 Å². The van der Waals surface area contributed by atoms with E-state index in [4.69, 9.17) is 0 Å². The van der Waals surface area contributed by atoms with Gasteiger partial charge in [-0.1, -0.05) is 13.8 Å². The Morgan fingerprint density at radius 2 is 2.19 bits per heavy atom. The van der Waals surface area contributed by atoms with Crippen LogP contribution in [0, 0.1) is 5.92 Å². The van der Waals surface area contributed by atoms with Crippen LogP contribution < -0.4 is 5.32 Å². The molecule has 1 N–H and O–H groups in total. The van der Waals surface area contributed by atoms with Gasteiger partial charge in [0.1, 0.15) is 0 Å². The second kappa shape index (κ2) is 7.80. The lowest BCUT2D eigenvalue weighted by atomic mass is 10.0. The summed E-state index contributed by atoms with van der Waals surface area (Å²) >= 11 is 1.55. The van der Waals surface area contributed by atoms with E-state index in [-0.39, 0.29) is 5.91 Å². The van der Waals surface area contributed by atoms with Crippen molar-refractivity contribution in [3.8, 4) is 0 Å². The number of pyridine rings is 1. The van der Waals surface area contributed by atoms with Crippen LogP contribution in [0.25, 0.3) is 0 Å². The number of rotatable bonds is 5. The Hall–Kier alpha value is -1.07. The van der Waals surface area contributed by atoms with E-state index in [9.17, 15) is 4.79 Å². The molecular formula is C16H25N3OS. The minimum Gasteiger partial charge on any atom is -0.349 e. The molecule has 1 aromatic heterocycles. The molecule has 5 heteroatoms. The first-order valence-electron chi connectivity index (χ1n) is 7.61. The van der Waals surface area contributed by atoms with Crippen LogP contribution in [-0.2, 0) is 0 Å². The Morgan fingerprint density at radius 1 is 1.48 bits per heavy atom. The van der Waals surface area contributed by atoms with E-state index in [1.165, 1.54) is 0 Å². The minimum atomic E-state index is 0.0232. The number of nitrogens with one attached hydrogen (secondary N) is 1. The van der Waals surface area contributed by atoms with Gasteiger partial charge in [-0.25, -0.2) is 4.98 Å². The summed E-state index contributed by atoms with van der Waals surface area (Å²) in [6.07, 6.45) is 5.75. The van der Waals surface area contributed by atoms with Gasteiger partial charge in [0, 0.05) is 37.4 Å². The maximum atomic E-state index is 12.3. The molecule has 0 unspecified atom stereocenters. The molecule has 0 spiro atoms. The van der Waals surface area contributed by atoms with Crippen LogP contribution >= 0.6 is 11.8 Å². The molecule has 2 rings (SSSR count). The van der Waals surface area contributed by atoms with Crippen LogP contribution in [0.1, 0.15) is 37.0 Å². The molecule has 1 aliphatic rings. The fourth-order valence-corrected chi connectivity index (χ4v) is 3.12. The van der Waals surface area contributed by atoms with E-state index in [1.807, 2.05) is 12.3 Å². The lowest BCUT2D eigenvalue weighted by molar-refractivity contribution is 0.0907. The quantitative estimate of drug-likeness (QED) is 0.850. The van der Waals surface area contributed by atoms with Crippen molar-refractivity contribution in [1.29, 1.82) is 0 Å². The van der Waals surface area contributed by atoms with Crippen molar-refractivity contribution in [2.24, 2.45) is 5.92 Å². The summed E-state index contributed by atoms with van der Waals surface area (Å²) in [6.45, 7) is 7.81. The first-order valence-corrected chi connectivity index (χ1v) is 8.84. The fraction of sp³-hybridized carbons (Fsp3) is 0.625. The predicted molar refractivity (Wildman–Crippen MR) is 87.8 cm³/mol. The summed E-state index contributed by atoms with van der Waals surface area (Å²) in [5, 5.41) is 4.04. The zero-order valence-corrected chi connectivity index (χ0v) is 13.9. The molecule has 0 saturated carbocycles. The van der Waals surface area contributed by atoms with Crippen molar-refractivity contribution >= 4 is 17.7 Å². The molecular weight excluding hydrogens is 282 g/mol. The van der Waals surface area contributed by atoms with E-state index in [2.05, 4.69) is 29.0 Å². The average molecular weight is 307 g/mol. The molecule has 0 atom stereocenters. The van der Waals surface area contributed by atoms with Crippen LogP contribution in [0.3, 0.4) is 0 Å². The Morgan fingerprint density at radius 3 is 2.81 bits per heavy atom. The van der Waals surface area contributed by atoms with Crippen molar-refractivity contribution in [1.82, 2.24) is 15.2 Å². The van der Waals surface area contributed by atoms with Gasteiger partial charge >= 0.3 is 0 Å². The number of thioether (sulfide) groups is 1. The number of likely N-dealkylation sites (tertiary alicyclic amines) is 1. The van der Waals surface area contributed by atoms with Gasteiger partial charge in [-0.05, 0) is 37.1 Å². The Labute approximate surface area is 131 Å². The topological polar surface area (TPSA) is 45.2 Å². The predicted octanol–water partition coefficient (Wildman–Crippen LogP) is 2.65. The molecule has 1 amide bonds. The van der Waals surface area contributed by atoms with Crippen LogP contribution in [0.4, 0.5) is 0 Å². The van der Waals surface area contributed by atoms with E-state index >= 15 is 0 Å². The van der Waals surface area contributed by atoms with Crippen LogP contribution in [0.5, 0.6) is 0 Å². The van der Waals surface area contributed by atoms with Crippen molar-refractivity contribution in [2.75, 3.05) is 25.9 Å². The summed E-state index contributed by atoms with van der Waals surface area (Å²) in [4.78, 5) is 19.0. The normalized spacial score (nSPS) is 17.1. The molecule has 116 valence electrons. The first kappa shape index (κ1) is 16.3. The molecule has 0 aromatic carbocycles. The maximum Gasteiger partial charge on any atom is 0.251 e. The number of hydrogen-bond donors (Lipinski definition) is 1. The number of amides is 1. The molecule has 0 bridgehead atoms. The zero-order chi connectivity index (χ0) is 15.2. The lowest BCUT2D eigenvalue weighted by Gasteiger charge is -2.33. The molecule has 0 radical (unpaired) electrons. The van der Waals surface area contributed by atoms with Gasteiger partial charge in [-0.3, -0.25) is 4.79 Å². The average Bonchev–Trinajstić information content (AvgIpc) is 2.49. The molecule has 4 nitrogen and oxygen atoms in total. The van der Waals surface area contributed by atoms with E-state index in [0.29, 0.717) is 17.5 Å². The van der Waals surface area contributed by atoms with Crippen molar-refractivity contribution in [2.45, 2.75) is 37.8 Å². The first-order chi connectivity index (χ1) is 10.1. The van der Waals surface area contributed by atoms with Gasteiger partial charge in [0.2, 0.25) is 0 Å². The number of hydrogen-bond acceptors (Lipinski definition) is 4. The minimum absolute atomic E-state index is 0.0232. The third-order valence-electron chi connectivity index (χ3n) is 3.75. The highest BCUT2D eigenvalue weighted by atomic mass is 32.2. The van der Waals surface area contributed by atoms with Gasteiger partial charge in [0.05, 0.1) is 5.03 Å². The molecule has 1 saturated heterocycles. The maximum absolute atomic E-state index is 12.3. The molecule has 1 fully saturated rings. The second-order valence-electron chi connectivity index (χ2n) is 6.03. The van der Waals surface area contributed by atoms with Crippen LogP contribution in [0.15, 0.2) is 23.4 Å². The summed E-state index contributed by atoms with van der Waals surface area (Å²) in [6, 6.07) is 3.93. The monoisotopic (exact) mass is 307 g/mol. The van der Waals surface area contributed by atoms with Gasteiger partial charge in [0.25, 0.3) is 5.91 Å². The SMILES string of the molecule is CSc1cc(C(=O)NC2CCN(CC(C)C)CC2)ccn1. The third kappa shape index (κ3) is 5.00. The summed E-state index contributed by atoms with van der Waals surface area (Å²) in [5.74, 6) is 0.730. The van der Waals surface area contributed by atoms with Crippen LogP contribution in [-0.4, -0.2) is 47.7 Å². The van der Waals surface area contributed by atoms with Crippen molar-refractivity contribution in [3.05, 3.63) is 23.9 Å². The zero-order valence-electron chi connectivity index (χ0n) is 13.1. The smallest absolute Gasteiger partial charge is 0.251 e. The van der Waals surface area contributed by atoms with E-state index in [0.717, 1.165) is 37.5 Å². The summed E-state index contributed by atoms with van der Waals surface area (Å²) < 4.78 is 0. The highest BCUT2D eigenvalue weighted by Gasteiger charge is 2.21. The lowest BCUT2D eigenvalue weighted by Crippen LogP contribution is -2.45. The summed E-state index contributed by atoms with van der Waals surface area (Å²) in [7, 11) is 0. The number of piperidine rings is 1. The Bertz CT molecular complexity index is 470. The molecule has 21 heavy (non-hydrogen) atoms. The summed E-state index contributed by atoms with van der Waals surface area (Å²) in [5.41, 5.74) is 0.707. The van der Waals surface area contributed by atoms with Crippen LogP contribution in [0.2, 0.25) is 0 Å². The second-order valence-corrected chi connectivity index (χ2v) is 6.86. The number of carbonyl (C=O) groups is 1. The molecule has 1 aromatic rings. The Kier molecular flexibility index (Phi) is 6.06. The molecule has 1 aliphatic heterocycles. The third-order valence-corrected chi connectivity index (χ3v) is 4.39. The number of nitrogens with zero attached hydrogens (tertiary/aromatic N) is 2. The Balaban J connectivity index is 1.84. The molecule has 2 heterocycles. The number of carbonyl (C=O) groups excluding carboxylic acids is 1. The fourth-order valence-electron chi connectivity index (χ4n) is 2.71.